The summed E-state index contributed by atoms with van der Waals surface area (Å²) in [5, 5.41) is 12.2. The van der Waals surface area contributed by atoms with Crippen LogP contribution in [0.3, 0.4) is 0 Å². The number of phenolic OH excluding ortho intramolecular Hbond substituents is 1. The highest BCUT2D eigenvalue weighted by Crippen LogP contribution is 2.14. The minimum Gasteiger partial charge on any atom is -0.508 e. The number of likely N-dealkylation sites (tertiary alicyclic amines) is 1. The molecule has 4 N–H and O–H groups in total. The zero-order valence-electron chi connectivity index (χ0n) is 13.7. The first-order valence-electron chi connectivity index (χ1n) is 8.18. The zero-order chi connectivity index (χ0) is 16.7. The van der Waals surface area contributed by atoms with Crippen molar-refractivity contribution in [1.29, 1.82) is 0 Å². The van der Waals surface area contributed by atoms with E-state index in [-0.39, 0.29) is 11.7 Å². The number of guanidine groups is 1. The van der Waals surface area contributed by atoms with E-state index in [9.17, 15) is 9.90 Å². The summed E-state index contributed by atoms with van der Waals surface area (Å²) in [6, 6.07) is 6.30. The van der Waals surface area contributed by atoms with E-state index in [4.69, 9.17) is 5.73 Å². The Morgan fingerprint density at radius 3 is 3.09 bits per heavy atom. The Hall–Kier alpha value is -2.24. The molecule has 0 spiro atoms. The predicted molar refractivity (Wildman–Crippen MR) is 91.5 cm³/mol. The molecule has 126 valence electrons. The Bertz CT molecular complexity index is 559. The molecular weight excluding hydrogens is 292 g/mol. The number of nitrogens with zero attached hydrogens (tertiary/aromatic N) is 2. The number of aliphatic imine (C=N–C) groups is 1. The molecule has 1 aromatic carbocycles. The molecule has 1 heterocycles. The number of piperidine rings is 1. The molecule has 23 heavy (non-hydrogen) atoms. The van der Waals surface area contributed by atoms with E-state index in [0.717, 1.165) is 25.9 Å². The van der Waals surface area contributed by atoms with Crippen molar-refractivity contribution in [2.45, 2.75) is 26.2 Å². The Kier molecular flexibility index (Phi) is 6.26. The molecular formula is C17H26N4O2. The Balaban J connectivity index is 1.68. The van der Waals surface area contributed by atoms with Gasteiger partial charge in [-0.15, -0.1) is 0 Å². The summed E-state index contributed by atoms with van der Waals surface area (Å²) in [5.74, 6) is 1.17. The quantitative estimate of drug-likeness (QED) is 0.436. The van der Waals surface area contributed by atoms with Gasteiger partial charge in [0, 0.05) is 31.7 Å². The van der Waals surface area contributed by atoms with Crippen molar-refractivity contribution in [2.24, 2.45) is 16.6 Å². The molecule has 1 aliphatic rings. The van der Waals surface area contributed by atoms with Gasteiger partial charge in [-0.05, 0) is 43.4 Å². The van der Waals surface area contributed by atoms with Gasteiger partial charge in [-0.3, -0.25) is 9.79 Å². The molecule has 0 aromatic heterocycles. The summed E-state index contributed by atoms with van der Waals surface area (Å²) in [5.41, 5.74) is 6.48. The summed E-state index contributed by atoms with van der Waals surface area (Å²) < 4.78 is 0. The number of nitrogens with two attached hydrogens (primary N) is 1. The lowest BCUT2D eigenvalue weighted by Gasteiger charge is -2.31. The van der Waals surface area contributed by atoms with Gasteiger partial charge in [0.1, 0.15) is 5.75 Å². The van der Waals surface area contributed by atoms with E-state index < -0.39 is 0 Å². The number of amides is 1. The third-order valence-corrected chi connectivity index (χ3v) is 3.98. The van der Waals surface area contributed by atoms with Crippen LogP contribution >= 0.6 is 0 Å². The van der Waals surface area contributed by atoms with Crippen LogP contribution in [0.25, 0.3) is 0 Å². The van der Waals surface area contributed by atoms with Crippen LogP contribution in [0.5, 0.6) is 5.75 Å². The van der Waals surface area contributed by atoms with Gasteiger partial charge < -0.3 is 21.1 Å². The summed E-state index contributed by atoms with van der Waals surface area (Å²) in [6.45, 7) is 5.31. The van der Waals surface area contributed by atoms with Gasteiger partial charge >= 0.3 is 0 Å². The molecule has 1 fully saturated rings. The van der Waals surface area contributed by atoms with E-state index >= 15 is 0 Å². The van der Waals surface area contributed by atoms with Gasteiger partial charge in [-0.2, -0.15) is 0 Å². The van der Waals surface area contributed by atoms with E-state index in [1.807, 2.05) is 0 Å². The van der Waals surface area contributed by atoms with Gasteiger partial charge in [-0.1, -0.05) is 13.0 Å². The fraction of sp³-hybridized carbons (Fsp3) is 0.529. The van der Waals surface area contributed by atoms with E-state index in [1.54, 1.807) is 12.1 Å². The van der Waals surface area contributed by atoms with Crippen LogP contribution in [0, 0.1) is 5.92 Å². The average molecular weight is 318 g/mol. The maximum absolute atomic E-state index is 11.9. The van der Waals surface area contributed by atoms with Crippen LogP contribution in [0.15, 0.2) is 29.3 Å². The standard InChI is InChI=1S/C17H26N4O2/c1-13-5-3-10-21(12-13)17(18)20-9-4-8-19-16(23)14-6-2-7-15(22)11-14/h2,6-7,11,13,22H,3-5,8-10,12H2,1H3,(H2,18,20)(H,19,23). The molecule has 6 heteroatoms. The molecule has 1 saturated heterocycles. The smallest absolute Gasteiger partial charge is 0.251 e. The minimum atomic E-state index is -0.192. The highest BCUT2D eigenvalue weighted by Gasteiger charge is 2.17. The summed E-state index contributed by atoms with van der Waals surface area (Å²) >= 11 is 0. The lowest BCUT2D eigenvalue weighted by molar-refractivity contribution is 0.0953. The fourth-order valence-electron chi connectivity index (χ4n) is 2.72. The number of hydrogen-bond donors (Lipinski definition) is 3. The van der Waals surface area contributed by atoms with Crippen molar-refractivity contribution in [2.75, 3.05) is 26.2 Å². The first kappa shape index (κ1) is 17.1. The molecule has 6 nitrogen and oxygen atoms in total. The number of hydrogen-bond acceptors (Lipinski definition) is 3. The fourth-order valence-corrected chi connectivity index (χ4v) is 2.72. The SMILES string of the molecule is CC1CCCN(C(N)=NCCCNC(=O)c2cccc(O)c2)C1. The van der Waals surface area contributed by atoms with Crippen molar-refractivity contribution >= 4 is 11.9 Å². The van der Waals surface area contributed by atoms with Crippen LogP contribution in [-0.4, -0.2) is 48.1 Å². The molecule has 1 atom stereocenters. The second-order valence-electron chi connectivity index (χ2n) is 6.09. The Labute approximate surface area is 137 Å². The molecule has 1 unspecified atom stereocenters. The molecule has 2 rings (SSSR count). The van der Waals surface area contributed by atoms with Gasteiger partial charge in [0.05, 0.1) is 0 Å². The lowest BCUT2D eigenvalue weighted by Crippen LogP contribution is -2.43. The number of nitrogens with one attached hydrogen (secondary N) is 1. The van der Waals surface area contributed by atoms with Crippen LogP contribution in [-0.2, 0) is 0 Å². The monoisotopic (exact) mass is 318 g/mol. The number of aromatic hydroxyl groups is 1. The number of phenols is 1. The second kappa shape index (κ2) is 8.41. The summed E-state index contributed by atoms with van der Waals surface area (Å²) in [6.07, 6.45) is 3.15. The molecule has 1 aliphatic heterocycles. The van der Waals surface area contributed by atoms with Crippen molar-refractivity contribution in [3.05, 3.63) is 29.8 Å². The molecule has 0 aliphatic carbocycles. The summed E-state index contributed by atoms with van der Waals surface area (Å²) in [7, 11) is 0. The van der Waals surface area contributed by atoms with Crippen LogP contribution in [0.2, 0.25) is 0 Å². The van der Waals surface area contributed by atoms with Crippen molar-refractivity contribution in [3.63, 3.8) is 0 Å². The molecule has 0 saturated carbocycles. The largest absolute Gasteiger partial charge is 0.508 e. The Morgan fingerprint density at radius 2 is 2.35 bits per heavy atom. The van der Waals surface area contributed by atoms with Crippen molar-refractivity contribution in [3.8, 4) is 5.75 Å². The van der Waals surface area contributed by atoms with Crippen LogP contribution in [0.4, 0.5) is 0 Å². The summed E-state index contributed by atoms with van der Waals surface area (Å²) in [4.78, 5) is 18.4. The minimum absolute atomic E-state index is 0.0887. The average Bonchev–Trinajstić information content (AvgIpc) is 2.54. The topological polar surface area (TPSA) is 91.0 Å². The molecule has 1 amide bonds. The second-order valence-corrected chi connectivity index (χ2v) is 6.09. The zero-order valence-corrected chi connectivity index (χ0v) is 13.7. The predicted octanol–water partition coefficient (Wildman–Crippen LogP) is 1.56. The number of rotatable bonds is 5. The lowest BCUT2D eigenvalue weighted by atomic mass is 10.0. The van der Waals surface area contributed by atoms with E-state index in [1.165, 1.54) is 18.6 Å². The Morgan fingerprint density at radius 1 is 1.52 bits per heavy atom. The maximum atomic E-state index is 11.9. The van der Waals surface area contributed by atoms with E-state index in [2.05, 4.69) is 22.1 Å². The van der Waals surface area contributed by atoms with E-state index in [0.29, 0.717) is 30.5 Å². The number of carbonyl (C=O) groups excluding carboxylic acids is 1. The highest BCUT2D eigenvalue weighted by atomic mass is 16.3. The third kappa shape index (κ3) is 5.47. The highest BCUT2D eigenvalue weighted by molar-refractivity contribution is 5.94. The van der Waals surface area contributed by atoms with Crippen LogP contribution in [0.1, 0.15) is 36.5 Å². The molecule has 1 aromatic rings. The van der Waals surface area contributed by atoms with Gasteiger partial charge in [0.25, 0.3) is 5.91 Å². The number of benzene rings is 1. The van der Waals surface area contributed by atoms with Crippen molar-refractivity contribution < 1.29 is 9.90 Å². The normalized spacial score (nSPS) is 18.7. The maximum Gasteiger partial charge on any atom is 0.251 e. The number of carbonyl (C=O) groups is 1. The first-order valence-corrected chi connectivity index (χ1v) is 8.18. The first-order chi connectivity index (χ1) is 11.1. The van der Waals surface area contributed by atoms with Crippen LogP contribution < -0.4 is 11.1 Å². The molecule has 0 radical (unpaired) electrons. The van der Waals surface area contributed by atoms with Gasteiger partial charge in [-0.25, -0.2) is 0 Å². The third-order valence-electron chi connectivity index (χ3n) is 3.98. The van der Waals surface area contributed by atoms with Gasteiger partial charge in [0.2, 0.25) is 0 Å². The molecule has 0 bridgehead atoms. The van der Waals surface area contributed by atoms with Crippen molar-refractivity contribution in [1.82, 2.24) is 10.2 Å². The van der Waals surface area contributed by atoms with Gasteiger partial charge in [0.15, 0.2) is 5.96 Å².